The van der Waals surface area contributed by atoms with E-state index in [1.807, 2.05) is 18.6 Å². The molecule has 0 bridgehead atoms. The minimum atomic E-state index is -4.27. The summed E-state index contributed by atoms with van der Waals surface area (Å²) in [6, 6.07) is 11.4. The zero-order chi connectivity index (χ0) is 26.6. The molecule has 0 atom stereocenters. The lowest BCUT2D eigenvalue weighted by atomic mass is 10.1. The van der Waals surface area contributed by atoms with Crippen LogP contribution in [0.3, 0.4) is 0 Å². The summed E-state index contributed by atoms with van der Waals surface area (Å²) in [5, 5.41) is 2.78. The number of benzene rings is 1. The highest BCUT2D eigenvalue weighted by atomic mass is 32.2. The van der Waals surface area contributed by atoms with Gasteiger partial charge in [0.15, 0.2) is 5.03 Å². The second kappa shape index (κ2) is 11.1. The summed E-state index contributed by atoms with van der Waals surface area (Å²) in [5.74, 6) is 0.115. The lowest BCUT2D eigenvalue weighted by Gasteiger charge is -2.14. The van der Waals surface area contributed by atoms with Crippen LogP contribution in [0.15, 0.2) is 53.6 Å². The van der Waals surface area contributed by atoms with E-state index in [0.29, 0.717) is 36.1 Å². The maximum atomic E-state index is 14.4. The second-order valence-electron chi connectivity index (χ2n) is 9.47. The van der Waals surface area contributed by atoms with Crippen LogP contribution in [0.5, 0.6) is 5.75 Å². The van der Waals surface area contributed by atoms with Gasteiger partial charge in [-0.2, -0.15) is 8.42 Å². The van der Waals surface area contributed by atoms with Crippen molar-refractivity contribution in [1.29, 1.82) is 0 Å². The average molecular weight is 528 g/mol. The molecule has 1 saturated carbocycles. The number of nitrogens with one attached hydrogen (secondary N) is 2. The van der Waals surface area contributed by atoms with Crippen LogP contribution in [-0.4, -0.2) is 37.4 Å². The molecule has 0 spiro atoms. The van der Waals surface area contributed by atoms with Gasteiger partial charge >= 0.3 is 0 Å². The first kappa shape index (κ1) is 26.3. The molecule has 37 heavy (non-hydrogen) atoms. The van der Waals surface area contributed by atoms with Crippen molar-refractivity contribution < 1.29 is 22.3 Å². The Labute approximate surface area is 215 Å². The SMILES string of the molecule is CC(C)COc1cc(F)cc(-c2ccc(C(=O)NS(=O)(=O)c3cccc(N)n3)c(NCCC3CC3)n2)c1. The van der Waals surface area contributed by atoms with E-state index in [0.717, 1.165) is 19.3 Å². The first-order valence-electron chi connectivity index (χ1n) is 12.1. The number of sulfonamides is 1. The Kier molecular flexibility index (Phi) is 7.91. The summed E-state index contributed by atoms with van der Waals surface area (Å²) in [7, 11) is -4.27. The molecular formula is C26H30FN5O4S. The van der Waals surface area contributed by atoms with E-state index in [1.165, 1.54) is 42.5 Å². The summed E-state index contributed by atoms with van der Waals surface area (Å²) in [6.07, 6.45) is 3.22. The number of rotatable bonds is 11. The fourth-order valence-electron chi connectivity index (χ4n) is 3.61. The van der Waals surface area contributed by atoms with Crippen LogP contribution >= 0.6 is 0 Å². The van der Waals surface area contributed by atoms with Gasteiger partial charge in [-0.3, -0.25) is 4.79 Å². The minimum absolute atomic E-state index is 0.00983. The molecular weight excluding hydrogens is 497 g/mol. The summed E-state index contributed by atoms with van der Waals surface area (Å²) in [6.45, 7) is 4.97. The lowest BCUT2D eigenvalue weighted by molar-refractivity contribution is 0.0982. The van der Waals surface area contributed by atoms with E-state index in [9.17, 15) is 17.6 Å². The third-order valence-corrected chi connectivity index (χ3v) is 6.91. The summed E-state index contributed by atoms with van der Waals surface area (Å²) in [5.41, 5.74) is 6.48. The summed E-state index contributed by atoms with van der Waals surface area (Å²) in [4.78, 5) is 21.4. The second-order valence-corrected chi connectivity index (χ2v) is 11.1. The van der Waals surface area contributed by atoms with Gasteiger partial charge in [0.25, 0.3) is 15.9 Å². The van der Waals surface area contributed by atoms with Gasteiger partial charge in [-0.25, -0.2) is 19.1 Å². The van der Waals surface area contributed by atoms with Crippen LogP contribution in [0, 0.1) is 17.7 Å². The van der Waals surface area contributed by atoms with Crippen LogP contribution in [-0.2, 0) is 10.0 Å². The van der Waals surface area contributed by atoms with Crippen molar-refractivity contribution in [2.24, 2.45) is 11.8 Å². The average Bonchev–Trinajstić information content (AvgIpc) is 3.66. The van der Waals surface area contributed by atoms with E-state index in [1.54, 1.807) is 6.07 Å². The number of nitrogens with zero attached hydrogens (tertiary/aromatic N) is 2. The van der Waals surface area contributed by atoms with Gasteiger partial charge < -0.3 is 15.8 Å². The fourth-order valence-corrected chi connectivity index (χ4v) is 4.55. The van der Waals surface area contributed by atoms with Crippen molar-refractivity contribution >= 4 is 27.6 Å². The van der Waals surface area contributed by atoms with E-state index in [4.69, 9.17) is 10.5 Å². The molecule has 0 saturated heterocycles. The summed E-state index contributed by atoms with van der Waals surface area (Å²) >= 11 is 0. The van der Waals surface area contributed by atoms with Crippen LogP contribution in [0.1, 0.15) is 43.5 Å². The van der Waals surface area contributed by atoms with Crippen molar-refractivity contribution in [3.8, 4) is 17.0 Å². The number of nitrogens with two attached hydrogens (primary N) is 1. The number of hydrogen-bond donors (Lipinski definition) is 3. The topological polar surface area (TPSA) is 136 Å². The number of carbonyl (C=O) groups excluding carboxylic acids is 1. The highest BCUT2D eigenvalue weighted by Crippen LogP contribution is 2.32. The van der Waals surface area contributed by atoms with E-state index in [2.05, 4.69) is 15.3 Å². The van der Waals surface area contributed by atoms with Crippen molar-refractivity contribution in [2.75, 3.05) is 24.2 Å². The predicted octanol–water partition coefficient (Wildman–Crippen LogP) is 4.23. The van der Waals surface area contributed by atoms with Crippen LogP contribution < -0.4 is 20.5 Å². The molecule has 1 amide bonds. The summed E-state index contributed by atoms with van der Waals surface area (Å²) < 4.78 is 47.5. The maximum Gasteiger partial charge on any atom is 0.281 e. The van der Waals surface area contributed by atoms with Crippen molar-refractivity contribution in [3.63, 3.8) is 0 Å². The lowest BCUT2D eigenvalue weighted by Crippen LogP contribution is -2.32. The van der Waals surface area contributed by atoms with Gasteiger partial charge in [-0.15, -0.1) is 0 Å². The van der Waals surface area contributed by atoms with E-state index < -0.39 is 21.7 Å². The third kappa shape index (κ3) is 7.16. The van der Waals surface area contributed by atoms with E-state index >= 15 is 0 Å². The van der Waals surface area contributed by atoms with Crippen LogP contribution in [0.4, 0.5) is 16.0 Å². The monoisotopic (exact) mass is 527 g/mol. The normalized spacial score (nSPS) is 13.4. The zero-order valence-electron chi connectivity index (χ0n) is 20.7. The molecule has 2 heterocycles. The zero-order valence-corrected chi connectivity index (χ0v) is 21.5. The fraction of sp³-hybridized carbons (Fsp3) is 0.346. The number of amides is 1. The van der Waals surface area contributed by atoms with E-state index in [-0.39, 0.29) is 28.1 Å². The Morgan fingerprint density at radius 2 is 1.95 bits per heavy atom. The van der Waals surface area contributed by atoms with Crippen LogP contribution in [0.2, 0.25) is 0 Å². The standard InChI is InChI=1S/C26H30FN5O4S/c1-16(2)15-36-20-13-18(12-19(27)14-20)22-9-8-21(25(30-22)29-11-10-17-6-7-17)26(33)32-37(34,35)24-5-3-4-23(28)31-24/h3-5,8-9,12-14,16-17H,6-7,10-11,15H2,1-2H3,(H2,28,31)(H,29,30)(H,32,33). The molecule has 1 aliphatic rings. The number of aromatic nitrogens is 2. The van der Waals surface area contributed by atoms with Crippen molar-refractivity contribution in [1.82, 2.24) is 14.7 Å². The van der Waals surface area contributed by atoms with Crippen LogP contribution in [0.25, 0.3) is 11.3 Å². The first-order valence-corrected chi connectivity index (χ1v) is 13.6. The Bertz CT molecular complexity index is 1390. The van der Waals surface area contributed by atoms with Crippen molar-refractivity contribution in [3.05, 3.63) is 59.9 Å². The number of carbonyl (C=O) groups is 1. The Hall–Kier alpha value is -3.73. The quantitative estimate of drug-likeness (QED) is 0.337. The number of halogens is 1. The van der Waals surface area contributed by atoms with Gasteiger partial charge in [0.2, 0.25) is 0 Å². The molecule has 4 N–H and O–H groups in total. The molecule has 0 radical (unpaired) electrons. The third-order valence-electron chi connectivity index (χ3n) is 5.68. The molecule has 2 aromatic heterocycles. The van der Waals surface area contributed by atoms with Gasteiger partial charge in [0.05, 0.1) is 17.9 Å². The number of pyridine rings is 2. The number of hydrogen-bond acceptors (Lipinski definition) is 8. The molecule has 4 rings (SSSR count). The Morgan fingerprint density at radius 1 is 1.16 bits per heavy atom. The largest absolute Gasteiger partial charge is 0.493 e. The maximum absolute atomic E-state index is 14.4. The van der Waals surface area contributed by atoms with Crippen molar-refractivity contribution in [2.45, 2.75) is 38.1 Å². The number of ether oxygens (including phenoxy) is 1. The number of anilines is 2. The Morgan fingerprint density at radius 3 is 2.65 bits per heavy atom. The van der Waals surface area contributed by atoms with Gasteiger partial charge in [0.1, 0.15) is 23.2 Å². The number of nitrogen functional groups attached to an aromatic ring is 1. The highest BCUT2D eigenvalue weighted by molar-refractivity contribution is 7.90. The highest BCUT2D eigenvalue weighted by Gasteiger charge is 2.24. The first-order chi connectivity index (χ1) is 17.6. The molecule has 11 heteroatoms. The Balaban J connectivity index is 1.63. The molecule has 196 valence electrons. The predicted molar refractivity (Wildman–Crippen MR) is 139 cm³/mol. The van der Waals surface area contributed by atoms with Gasteiger partial charge in [-0.1, -0.05) is 32.8 Å². The molecule has 1 aromatic carbocycles. The molecule has 0 unspecified atom stereocenters. The molecule has 1 aliphatic carbocycles. The molecule has 1 fully saturated rings. The van der Waals surface area contributed by atoms with Gasteiger partial charge in [0, 0.05) is 18.2 Å². The smallest absolute Gasteiger partial charge is 0.281 e. The minimum Gasteiger partial charge on any atom is -0.493 e. The molecule has 9 nitrogen and oxygen atoms in total. The molecule has 3 aromatic rings. The molecule has 0 aliphatic heterocycles. The van der Waals surface area contributed by atoms with Gasteiger partial charge in [-0.05, 0) is 54.7 Å².